The van der Waals surface area contributed by atoms with Gasteiger partial charge in [-0.1, -0.05) is 19.1 Å². The average molecular weight is 318 g/mol. The van der Waals surface area contributed by atoms with Crippen molar-refractivity contribution in [3.63, 3.8) is 0 Å². The minimum absolute atomic E-state index is 0.0790. The average Bonchev–Trinajstić information content (AvgIpc) is 2.69. The molecule has 6 nitrogen and oxygen atoms in total. The van der Waals surface area contributed by atoms with Crippen molar-refractivity contribution in [3.8, 4) is 0 Å². The third-order valence-electron chi connectivity index (χ3n) is 3.37. The number of alkyl carbamates (subject to hydrolysis) is 1. The van der Waals surface area contributed by atoms with Gasteiger partial charge in [-0.15, -0.1) is 0 Å². The first-order valence-electron chi connectivity index (χ1n) is 7.61. The lowest BCUT2D eigenvalue weighted by Crippen LogP contribution is -2.40. The maximum atomic E-state index is 12.3. The van der Waals surface area contributed by atoms with Gasteiger partial charge < -0.3 is 10.1 Å². The van der Waals surface area contributed by atoms with Crippen molar-refractivity contribution < 1.29 is 19.1 Å². The van der Waals surface area contributed by atoms with Crippen molar-refractivity contribution in [2.75, 3.05) is 13.1 Å². The van der Waals surface area contributed by atoms with Crippen LogP contribution >= 0.6 is 0 Å². The van der Waals surface area contributed by atoms with Gasteiger partial charge in [-0.25, -0.2) is 4.79 Å². The molecule has 1 N–H and O–H groups in total. The molecule has 124 valence electrons. The fourth-order valence-corrected chi connectivity index (χ4v) is 2.35. The number of nitrogens with one attached hydrogen (secondary N) is 1. The topological polar surface area (TPSA) is 75.7 Å². The molecule has 1 aromatic carbocycles. The van der Waals surface area contributed by atoms with Crippen molar-refractivity contribution >= 4 is 17.9 Å². The third kappa shape index (κ3) is 4.09. The van der Waals surface area contributed by atoms with E-state index in [9.17, 15) is 14.4 Å². The van der Waals surface area contributed by atoms with E-state index in [0.29, 0.717) is 17.7 Å². The maximum absolute atomic E-state index is 12.3. The molecule has 0 saturated carbocycles. The summed E-state index contributed by atoms with van der Waals surface area (Å²) in [6.45, 7) is 7.80. The van der Waals surface area contributed by atoms with Crippen molar-refractivity contribution in [3.05, 3.63) is 35.4 Å². The number of hydrogen-bond donors (Lipinski definition) is 1. The zero-order valence-corrected chi connectivity index (χ0v) is 13.9. The number of hydrogen-bond acceptors (Lipinski definition) is 4. The van der Waals surface area contributed by atoms with Gasteiger partial charge in [0.2, 0.25) is 0 Å². The molecule has 1 aliphatic heterocycles. The summed E-state index contributed by atoms with van der Waals surface area (Å²) >= 11 is 0. The van der Waals surface area contributed by atoms with Crippen molar-refractivity contribution in [2.45, 2.75) is 33.3 Å². The van der Waals surface area contributed by atoms with E-state index >= 15 is 0 Å². The van der Waals surface area contributed by atoms with E-state index in [2.05, 4.69) is 5.32 Å². The number of carbonyl (C=O) groups is 3. The number of carbonyl (C=O) groups excluding carboxylic acids is 3. The van der Waals surface area contributed by atoms with Crippen LogP contribution in [0.3, 0.4) is 0 Å². The van der Waals surface area contributed by atoms with Gasteiger partial charge in [0.1, 0.15) is 5.60 Å². The van der Waals surface area contributed by atoms with E-state index in [1.807, 2.05) is 6.92 Å². The molecule has 0 fully saturated rings. The van der Waals surface area contributed by atoms with Gasteiger partial charge in [0.25, 0.3) is 11.8 Å². The van der Waals surface area contributed by atoms with Gasteiger partial charge in [0.15, 0.2) is 0 Å². The highest BCUT2D eigenvalue weighted by Crippen LogP contribution is 2.23. The molecule has 0 unspecified atom stereocenters. The Bertz CT molecular complexity index is 599. The van der Waals surface area contributed by atoms with E-state index < -0.39 is 11.7 Å². The summed E-state index contributed by atoms with van der Waals surface area (Å²) < 4.78 is 5.15. The van der Waals surface area contributed by atoms with Crippen molar-refractivity contribution in [2.24, 2.45) is 5.92 Å². The number of fused-ring (bicyclic) bond motifs is 1. The van der Waals surface area contributed by atoms with Crippen LogP contribution < -0.4 is 5.32 Å². The maximum Gasteiger partial charge on any atom is 0.407 e. The number of ether oxygens (including phenoxy) is 1. The zero-order chi connectivity index (χ0) is 17.2. The molecule has 0 aliphatic carbocycles. The predicted octanol–water partition coefficient (Wildman–Crippen LogP) is 2.44. The second kappa shape index (κ2) is 6.40. The summed E-state index contributed by atoms with van der Waals surface area (Å²) in [5.74, 6) is -0.644. The van der Waals surface area contributed by atoms with Crippen LogP contribution in [0.15, 0.2) is 24.3 Å². The van der Waals surface area contributed by atoms with E-state index in [4.69, 9.17) is 4.74 Å². The largest absolute Gasteiger partial charge is 0.444 e. The molecule has 1 heterocycles. The quantitative estimate of drug-likeness (QED) is 0.865. The molecular formula is C17H22N2O4. The molecule has 0 saturated heterocycles. The smallest absolute Gasteiger partial charge is 0.407 e. The van der Waals surface area contributed by atoms with Crippen LogP contribution in [0.5, 0.6) is 0 Å². The number of imide groups is 1. The normalized spacial score (nSPS) is 15.4. The van der Waals surface area contributed by atoms with Crippen LogP contribution in [-0.2, 0) is 4.74 Å². The Morgan fingerprint density at radius 2 is 1.70 bits per heavy atom. The molecule has 1 atom stereocenters. The molecule has 2 rings (SSSR count). The SMILES string of the molecule is C[C@@H](CNC(=O)OC(C)(C)C)CN1C(=O)c2ccccc2C1=O. The van der Waals surface area contributed by atoms with Gasteiger partial charge >= 0.3 is 6.09 Å². The Morgan fingerprint density at radius 3 is 2.17 bits per heavy atom. The fraction of sp³-hybridized carbons (Fsp3) is 0.471. The second-order valence-corrected chi connectivity index (χ2v) is 6.75. The highest BCUT2D eigenvalue weighted by Gasteiger charge is 2.35. The molecule has 3 amide bonds. The molecular weight excluding hydrogens is 296 g/mol. The Balaban J connectivity index is 1.90. The van der Waals surface area contributed by atoms with E-state index in [1.165, 1.54) is 4.90 Å². The molecule has 0 aromatic heterocycles. The summed E-state index contributed by atoms with van der Waals surface area (Å²) in [5, 5.41) is 2.65. The van der Waals surface area contributed by atoms with Crippen LogP contribution in [0.2, 0.25) is 0 Å². The summed E-state index contributed by atoms with van der Waals surface area (Å²) in [6, 6.07) is 6.78. The Morgan fingerprint density at radius 1 is 1.17 bits per heavy atom. The summed E-state index contributed by atoms with van der Waals surface area (Å²) in [7, 11) is 0. The molecule has 1 aliphatic rings. The zero-order valence-electron chi connectivity index (χ0n) is 13.9. The Kier molecular flexibility index (Phi) is 4.73. The van der Waals surface area contributed by atoms with Crippen LogP contribution in [-0.4, -0.2) is 41.5 Å². The van der Waals surface area contributed by atoms with Gasteiger partial charge in [-0.05, 0) is 38.8 Å². The summed E-state index contributed by atoms with van der Waals surface area (Å²) in [5.41, 5.74) is 0.310. The third-order valence-corrected chi connectivity index (χ3v) is 3.37. The lowest BCUT2D eigenvalue weighted by Gasteiger charge is -2.22. The standard InChI is InChI=1S/C17H22N2O4/c1-11(9-18-16(22)23-17(2,3)4)10-19-14(20)12-7-5-6-8-13(12)15(19)21/h5-8,11H,9-10H2,1-4H3,(H,18,22)/t11-/m0/s1. The predicted molar refractivity (Wildman–Crippen MR) is 85.2 cm³/mol. The van der Waals surface area contributed by atoms with E-state index in [-0.39, 0.29) is 24.3 Å². The lowest BCUT2D eigenvalue weighted by atomic mass is 10.1. The minimum Gasteiger partial charge on any atom is -0.444 e. The highest BCUT2D eigenvalue weighted by molar-refractivity contribution is 6.21. The molecule has 0 bridgehead atoms. The molecule has 0 spiro atoms. The van der Waals surface area contributed by atoms with Crippen molar-refractivity contribution in [1.29, 1.82) is 0 Å². The molecule has 1 aromatic rings. The first-order chi connectivity index (χ1) is 10.7. The highest BCUT2D eigenvalue weighted by atomic mass is 16.6. The fourth-order valence-electron chi connectivity index (χ4n) is 2.35. The number of benzene rings is 1. The van der Waals surface area contributed by atoms with Gasteiger partial charge in [0.05, 0.1) is 11.1 Å². The van der Waals surface area contributed by atoms with E-state index in [0.717, 1.165) is 0 Å². The van der Waals surface area contributed by atoms with Gasteiger partial charge in [0, 0.05) is 13.1 Å². The first kappa shape index (κ1) is 17.0. The number of rotatable bonds is 4. The van der Waals surface area contributed by atoms with Crippen molar-refractivity contribution in [1.82, 2.24) is 10.2 Å². The van der Waals surface area contributed by atoms with E-state index in [1.54, 1.807) is 45.0 Å². The van der Waals surface area contributed by atoms with Crippen LogP contribution in [0, 0.1) is 5.92 Å². The first-order valence-corrected chi connectivity index (χ1v) is 7.61. The van der Waals surface area contributed by atoms with Gasteiger partial charge in [-0.2, -0.15) is 0 Å². The minimum atomic E-state index is -0.560. The number of nitrogens with zero attached hydrogens (tertiary/aromatic N) is 1. The van der Waals surface area contributed by atoms with Gasteiger partial charge in [-0.3, -0.25) is 14.5 Å². The molecule has 6 heteroatoms. The number of amides is 3. The van der Waals surface area contributed by atoms with Crippen LogP contribution in [0.4, 0.5) is 4.79 Å². The monoisotopic (exact) mass is 318 g/mol. The molecule has 23 heavy (non-hydrogen) atoms. The lowest BCUT2D eigenvalue weighted by molar-refractivity contribution is 0.0516. The van der Waals surface area contributed by atoms with Crippen LogP contribution in [0.25, 0.3) is 0 Å². The summed E-state index contributed by atoms with van der Waals surface area (Å²) in [4.78, 5) is 37.4. The molecule has 0 radical (unpaired) electrons. The van der Waals surface area contributed by atoms with Crippen LogP contribution in [0.1, 0.15) is 48.4 Å². The Labute approximate surface area is 135 Å². The second-order valence-electron chi connectivity index (χ2n) is 6.75. The Hall–Kier alpha value is -2.37. The summed E-state index contributed by atoms with van der Waals surface area (Å²) in [6.07, 6.45) is -0.508.